The molecule has 2 aromatic carbocycles. The van der Waals surface area contributed by atoms with Crippen LogP contribution >= 0.6 is 0 Å². The van der Waals surface area contributed by atoms with Crippen LogP contribution in [0.2, 0.25) is 5.04 Å². The molecule has 0 aliphatic rings. The second-order valence-corrected chi connectivity index (χ2v) is 16.3. The van der Waals surface area contributed by atoms with Gasteiger partial charge in [-0.1, -0.05) is 128 Å². The predicted octanol–water partition coefficient (Wildman–Crippen LogP) is 8.95. The van der Waals surface area contributed by atoms with Crippen LogP contribution in [0.15, 0.2) is 107 Å². The molecule has 0 bridgehead atoms. The molecule has 2 aromatic rings. The number of ether oxygens (including phenoxy) is 1. The van der Waals surface area contributed by atoms with Gasteiger partial charge >= 0.3 is 0 Å². The zero-order valence-electron chi connectivity index (χ0n) is 25.8. The Labute approximate surface area is 240 Å². The summed E-state index contributed by atoms with van der Waals surface area (Å²) in [4.78, 5) is 0. The largest absolute Gasteiger partial charge is 0.404 e. The molecule has 0 aliphatic carbocycles. The van der Waals surface area contributed by atoms with Crippen molar-refractivity contribution in [2.24, 2.45) is 0 Å². The first-order valence-electron chi connectivity index (χ1n) is 14.5. The van der Waals surface area contributed by atoms with Crippen molar-refractivity contribution in [2.45, 2.75) is 86.1 Å². The molecular formula is C36H52O2Si. The van der Waals surface area contributed by atoms with E-state index >= 15 is 0 Å². The standard InChI is InChI=1S/C36H52O2Si/c1-30(2)17-15-18-31(3)25-27-37-29-33(5)20-16-19-32(4)26-28-38-39(36(6,7)8,34-21-11-9-12-22-34)35-23-13-10-14-24-35/h9-14,17,20-26H,15-16,18-19,27-29H2,1-8H3/b31-25+,32-26+,33-20+. The van der Waals surface area contributed by atoms with Gasteiger partial charge in [-0.3, -0.25) is 0 Å². The van der Waals surface area contributed by atoms with Crippen molar-refractivity contribution in [1.82, 2.24) is 0 Å². The summed E-state index contributed by atoms with van der Waals surface area (Å²) in [5.41, 5.74) is 5.45. The minimum Gasteiger partial charge on any atom is -0.404 e. The Morgan fingerprint density at radius 3 is 1.62 bits per heavy atom. The average molecular weight is 545 g/mol. The smallest absolute Gasteiger partial charge is 0.261 e. The lowest BCUT2D eigenvalue weighted by molar-refractivity contribution is 0.186. The molecule has 0 saturated carbocycles. The van der Waals surface area contributed by atoms with Gasteiger partial charge in [0.2, 0.25) is 0 Å². The summed E-state index contributed by atoms with van der Waals surface area (Å²) in [7, 11) is -2.49. The lowest BCUT2D eigenvalue weighted by Crippen LogP contribution is -2.66. The molecule has 2 nitrogen and oxygen atoms in total. The lowest BCUT2D eigenvalue weighted by Gasteiger charge is -2.42. The van der Waals surface area contributed by atoms with E-state index < -0.39 is 8.32 Å². The van der Waals surface area contributed by atoms with Crippen molar-refractivity contribution < 1.29 is 9.16 Å². The summed E-state index contributed by atoms with van der Waals surface area (Å²) in [6.45, 7) is 19.9. The number of allylic oxidation sites excluding steroid dienone is 5. The third-order valence-electron chi connectivity index (χ3n) is 7.15. The lowest BCUT2D eigenvalue weighted by atomic mass is 10.1. The highest BCUT2D eigenvalue weighted by Crippen LogP contribution is 2.36. The quantitative estimate of drug-likeness (QED) is 0.127. The fourth-order valence-electron chi connectivity index (χ4n) is 4.89. The Balaban J connectivity index is 1.93. The first-order chi connectivity index (χ1) is 18.6. The van der Waals surface area contributed by atoms with Crippen LogP contribution in [0.4, 0.5) is 0 Å². The van der Waals surface area contributed by atoms with Crippen molar-refractivity contribution in [3.8, 4) is 0 Å². The van der Waals surface area contributed by atoms with Gasteiger partial charge in [-0.05, 0) is 75.7 Å². The Morgan fingerprint density at radius 1 is 0.641 bits per heavy atom. The van der Waals surface area contributed by atoms with Gasteiger partial charge < -0.3 is 9.16 Å². The van der Waals surface area contributed by atoms with Gasteiger partial charge in [0.15, 0.2) is 0 Å². The fourth-order valence-corrected chi connectivity index (χ4v) is 9.38. The van der Waals surface area contributed by atoms with Crippen LogP contribution in [0.3, 0.4) is 0 Å². The third-order valence-corrected chi connectivity index (χ3v) is 12.2. The zero-order chi connectivity index (χ0) is 28.7. The summed E-state index contributed by atoms with van der Waals surface area (Å²) in [5, 5.41) is 2.65. The Morgan fingerprint density at radius 2 is 1.13 bits per heavy atom. The van der Waals surface area contributed by atoms with Crippen LogP contribution in [0.5, 0.6) is 0 Å². The molecule has 0 amide bonds. The van der Waals surface area contributed by atoms with Crippen molar-refractivity contribution in [3.05, 3.63) is 107 Å². The normalized spacial score (nSPS) is 13.5. The van der Waals surface area contributed by atoms with Gasteiger partial charge in [0, 0.05) is 0 Å². The van der Waals surface area contributed by atoms with Crippen molar-refractivity contribution in [2.75, 3.05) is 19.8 Å². The van der Waals surface area contributed by atoms with Crippen molar-refractivity contribution in [3.63, 3.8) is 0 Å². The van der Waals surface area contributed by atoms with Crippen molar-refractivity contribution >= 4 is 18.7 Å². The van der Waals surface area contributed by atoms with Crippen LogP contribution in [0, 0.1) is 0 Å². The maximum Gasteiger partial charge on any atom is 0.261 e. The number of hydrogen-bond acceptors (Lipinski definition) is 2. The Kier molecular flexibility index (Phi) is 13.9. The molecule has 0 heterocycles. The monoisotopic (exact) mass is 544 g/mol. The molecule has 0 atom stereocenters. The highest BCUT2D eigenvalue weighted by molar-refractivity contribution is 6.99. The van der Waals surface area contributed by atoms with Gasteiger partial charge in [0.05, 0.1) is 19.8 Å². The molecule has 0 N–H and O–H groups in total. The number of hydrogen-bond donors (Lipinski definition) is 0. The summed E-state index contributed by atoms with van der Waals surface area (Å²) < 4.78 is 12.9. The first kappa shape index (κ1) is 32.7. The summed E-state index contributed by atoms with van der Waals surface area (Å²) >= 11 is 0. The van der Waals surface area contributed by atoms with E-state index in [1.165, 1.54) is 32.7 Å². The minimum atomic E-state index is -2.49. The van der Waals surface area contributed by atoms with Crippen LogP contribution in [-0.4, -0.2) is 28.1 Å². The van der Waals surface area contributed by atoms with E-state index in [1.54, 1.807) is 0 Å². The van der Waals surface area contributed by atoms with Gasteiger partial charge in [-0.2, -0.15) is 0 Å². The van der Waals surface area contributed by atoms with Crippen LogP contribution < -0.4 is 10.4 Å². The minimum absolute atomic E-state index is 0.00335. The number of rotatable bonds is 15. The molecule has 3 heteroatoms. The molecule has 0 aromatic heterocycles. The maximum absolute atomic E-state index is 7.00. The molecule has 0 saturated heterocycles. The van der Waals surface area contributed by atoms with E-state index in [0.29, 0.717) is 19.8 Å². The number of benzene rings is 2. The van der Waals surface area contributed by atoms with E-state index in [9.17, 15) is 0 Å². The highest BCUT2D eigenvalue weighted by atomic mass is 28.4. The van der Waals surface area contributed by atoms with E-state index in [2.05, 4.69) is 140 Å². The third kappa shape index (κ3) is 10.9. The van der Waals surface area contributed by atoms with E-state index in [1.807, 2.05) is 0 Å². The molecule has 0 unspecified atom stereocenters. The average Bonchev–Trinajstić information content (AvgIpc) is 2.89. The SMILES string of the molecule is CC(C)=CCC/C(C)=C/COC/C(C)=C/CC/C(C)=C/CO[Si](c1ccccc1)(c1ccccc1)C(C)(C)C. The fraction of sp³-hybridized carbons (Fsp3) is 0.444. The van der Waals surface area contributed by atoms with Crippen LogP contribution in [0.25, 0.3) is 0 Å². The molecular weight excluding hydrogens is 492 g/mol. The van der Waals surface area contributed by atoms with Gasteiger partial charge in [0.1, 0.15) is 0 Å². The maximum atomic E-state index is 7.00. The molecule has 2 rings (SSSR count). The van der Waals surface area contributed by atoms with Crippen LogP contribution in [-0.2, 0) is 9.16 Å². The predicted molar refractivity (Wildman–Crippen MR) is 174 cm³/mol. The molecule has 0 radical (unpaired) electrons. The molecule has 212 valence electrons. The molecule has 0 aliphatic heterocycles. The molecule has 0 fully saturated rings. The van der Waals surface area contributed by atoms with E-state index in [0.717, 1.165) is 25.7 Å². The second kappa shape index (κ2) is 16.6. The Hall–Kier alpha value is -2.46. The van der Waals surface area contributed by atoms with Crippen LogP contribution in [0.1, 0.15) is 81.1 Å². The first-order valence-corrected chi connectivity index (χ1v) is 16.4. The topological polar surface area (TPSA) is 18.5 Å². The molecule has 39 heavy (non-hydrogen) atoms. The zero-order valence-corrected chi connectivity index (χ0v) is 26.8. The Bertz CT molecular complexity index is 1060. The summed E-state index contributed by atoms with van der Waals surface area (Å²) in [5.74, 6) is 0. The van der Waals surface area contributed by atoms with Gasteiger partial charge in [-0.25, -0.2) is 0 Å². The van der Waals surface area contributed by atoms with Gasteiger partial charge in [-0.15, -0.1) is 0 Å². The van der Waals surface area contributed by atoms with Crippen molar-refractivity contribution in [1.29, 1.82) is 0 Å². The van der Waals surface area contributed by atoms with E-state index in [-0.39, 0.29) is 5.04 Å². The highest BCUT2D eigenvalue weighted by Gasteiger charge is 2.49. The second-order valence-electron chi connectivity index (χ2n) is 12.0. The summed E-state index contributed by atoms with van der Waals surface area (Å²) in [6.07, 6.45) is 13.4. The summed E-state index contributed by atoms with van der Waals surface area (Å²) in [6, 6.07) is 21.7. The van der Waals surface area contributed by atoms with Gasteiger partial charge in [0.25, 0.3) is 8.32 Å². The molecule has 0 spiro atoms. The van der Waals surface area contributed by atoms with E-state index in [4.69, 9.17) is 9.16 Å².